The highest BCUT2D eigenvalue weighted by molar-refractivity contribution is 5.94. The first kappa shape index (κ1) is 23.9. The van der Waals surface area contributed by atoms with Crippen molar-refractivity contribution in [3.05, 3.63) is 107 Å². The Morgan fingerprint density at radius 3 is 2.06 bits per heavy atom. The van der Waals surface area contributed by atoms with Gasteiger partial charge in [0, 0.05) is 12.1 Å². The Labute approximate surface area is 200 Å². The Hall–Kier alpha value is -4.27. The Morgan fingerprint density at radius 1 is 0.829 bits per heavy atom. The van der Waals surface area contributed by atoms with Crippen LogP contribution in [0.25, 0.3) is 0 Å². The lowest BCUT2D eigenvalue weighted by molar-refractivity contribution is 0.0260. The number of carbonyl (C=O) groups is 3. The van der Waals surface area contributed by atoms with Crippen molar-refractivity contribution in [1.29, 1.82) is 0 Å². The summed E-state index contributed by atoms with van der Waals surface area (Å²) in [6, 6.07) is 18.2. The van der Waals surface area contributed by atoms with Crippen LogP contribution in [0.3, 0.4) is 0 Å². The molecule has 0 spiro atoms. The van der Waals surface area contributed by atoms with E-state index in [1.807, 2.05) is 30.3 Å². The topological polar surface area (TPSA) is 84.9 Å². The van der Waals surface area contributed by atoms with Crippen LogP contribution in [0.1, 0.15) is 26.3 Å². The number of esters is 1. The molecule has 180 valence electrons. The lowest BCUT2D eigenvalue weighted by Crippen LogP contribution is -2.44. The first-order valence-corrected chi connectivity index (χ1v) is 10.9. The molecule has 3 aromatic carbocycles. The Bertz CT molecular complexity index is 1120. The number of rotatable bonds is 6. The van der Waals surface area contributed by atoms with Crippen LogP contribution in [0, 0.1) is 11.6 Å². The van der Waals surface area contributed by atoms with Gasteiger partial charge in [0.25, 0.3) is 5.91 Å². The fourth-order valence-corrected chi connectivity index (χ4v) is 3.64. The Balaban J connectivity index is 1.45. The summed E-state index contributed by atoms with van der Waals surface area (Å²) in [6.07, 6.45) is -1.52. The maximum atomic E-state index is 13.2. The van der Waals surface area contributed by atoms with Crippen molar-refractivity contribution < 1.29 is 32.6 Å². The monoisotopic (exact) mass is 480 g/mol. The molecule has 0 bridgehead atoms. The molecule has 0 aliphatic carbocycles. The van der Waals surface area contributed by atoms with Crippen molar-refractivity contribution in [1.82, 2.24) is 10.2 Å². The molecule has 2 unspecified atom stereocenters. The summed E-state index contributed by atoms with van der Waals surface area (Å²) in [5.41, 5.74) is 1.14. The normalized spacial score (nSPS) is 17.0. The van der Waals surface area contributed by atoms with Gasteiger partial charge in [0.15, 0.2) is 0 Å². The second-order valence-electron chi connectivity index (χ2n) is 7.98. The smallest absolute Gasteiger partial charge is 0.410 e. The molecule has 0 saturated carbocycles. The molecule has 35 heavy (non-hydrogen) atoms. The molecule has 9 heteroatoms. The number of amides is 2. The summed E-state index contributed by atoms with van der Waals surface area (Å²) in [6.45, 7) is 0.0691. The summed E-state index contributed by atoms with van der Waals surface area (Å²) in [5.74, 6) is -2.23. The standard InChI is InChI=1S/C26H22F2N2O5/c27-20-10-6-18(7-11-20)24(31)29-22-14-30(26(33)34-16-17-4-2-1-3-5-17)15-23(22)35-25(32)19-8-12-21(28)13-9-19/h1-13,22-23H,14-16H2,(H,29,31). The van der Waals surface area contributed by atoms with E-state index in [9.17, 15) is 23.2 Å². The molecule has 1 aliphatic heterocycles. The molecule has 1 heterocycles. The average molecular weight is 480 g/mol. The van der Waals surface area contributed by atoms with Crippen molar-refractivity contribution in [2.24, 2.45) is 0 Å². The molecule has 1 N–H and O–H groups in total. The number of hydrogen-bond acceptors (Lipinski definition) is 5. The van der Waals surface area contributed by atoms with Gasteiger partial charge in [0.2, 0.25) is 0 Å². The SMILES string of the molecule is O=C(NC1CN(C(=O)OCc2ccccc2)CC1OC(=O)c1ccc(F)cc1)c1ccc(F)cc1. The number of nitrogens with zero attached hydrogens (tertiary/aromatic N) is 1. The van der Waals surface area contributed by atoms with Gasteiger partial charge < -0.3 is 19.7 Å². The molecular weight excluding hydrogens is 458 g/mol. The Morgan fingerprint density at radius 2 is 1.43 bits per heavy atom. The summed E-state index contributed by atoms with van der Waals surface area (Å²) < 4.78 is 37.3. The van der Waals surface area contributed by atoms with Crippen LogP contribution in [0.2, 0.25) is 0 Å². The largest absolute Gasteiger partial charge is 0.455 e. The minimum absolute atomic E-state index is 0.0189. The van der Waals surface area contributed by atoms with Gasteiger partial charge in [-0.15, -0.1) is 0 Å². The predicted octanol–water partition coefficient (Wildman–Crippen LogP) is 3.94. The molecule has 0 aromatic heterocycles. The highest BCUT2D eigenvalue weighted by atomic mass is 19.1. The van der Waals surface area contributed by atoms with Crippen LogP contribution < -0.4 is 5.32 Å². The lowest BCUT2D eigenvalue weighted by Gasteiger charge is -2.20. The van der Waals surface area contributed by atoms with Crippen LogP contribution in [0.4, 0.5) is 13.6 Å². The number of carbonyl (C=O) groups excluding carboxylic acids is 3. The number of hydrogen-bond donors (Lipinski definition) is 1. The third-order valence-corrected chi connectivity index (χ3v) is 5.49. The van der Waals surface area contributed by atoms with E-state index in [1.54, 1.807) is 0 Å². The van der Waals surface area contributed by atoms with E-state index in [0.717, 1.165) is 29.8 Å². The molecule has 1 fully saturated rings. The second-order valence-corrected chi connectivity index (χ2v) is 7.98. The summed E-state index contributed by atoms with van der Waals surface area (Å²) >= 11 is 0. The van der Waals surface area contributed by atoms with Crippen molar-refractivity contribution in [3.8, 4) is 0 Å². The summed E-state index contributed by atoms with van der Waals surface area (Å²) in [5, 5.41) is 2.74. The van der Waals surface area contributed by atoms with Gasteiger partial charge in [-0.3, -0.25) is 4.79 Å². The van der Waals surface area contributed by atoms with Crippen LogP contribution in [0.5, 0.6) is 0 Å². The minimum atomic E-state index is -0.888. The number of halogens is 2. The third-order valence-electron chi connectivity index (χ3n) is 5.49. The molecule has 3 aromatic rings. The maximum absolute atomic E-state index is 13.2. The van der Waals surface area contributed by atoms with Gasteiger partial charge in [-0.05, 0) is 54.1 Å². The number of ether oxygens (including phenoxy) is 2. The third kappa shape index (κ3) is 6.20. The lowest BCUT2D eigenvalue weighted by atomic mass is 10.1. The van der Waals surface area contributed by atoms with E-state index in [4.69, 9.17) is 9.47 Å². The molecule has 7 nitrogen and oxygen atoms in total. The minimum Gasteiger partial charge on any atom is -0.455 e. The number of likely N-dealkylation sites (tertiary alicyclic amines) is 1. The van der Waals surface area contributed by atoms with E-state index in [1.165, 1.54) is 29.2 Å². The number of benzene rings is 3. The quantitative estimate of drug-likeness (QED) is 0.541. The van der Waals surface area contributed by atoms with Gasteiger partial charge >= 0.3 is 12.1 Å². The second kappa shape index (κ2) is 10.8. The zero-order valence-electron chi connectivity index (χ0n) is 18.5. The van der Waals surface area contributed by atoms with Gasteiger partial charge in [0.1, 0.15) is 24.3 Å². The van der Waals surface area contributed by atoms with E-state index in [0.29, 0.717) is 0 Å². The molecular formula is C26H22F2N2O5. The first-order chi connectivity index (χ1) is 16.9. The van der Waals surface area contributed by atoms with Crippen molar-refractivity contribution >= 4 is 18.0 Å². The van der Waals surface area contributed by atoms with Crippen molar-refractivity contribution in [2.75, 3.05) is 13.1 Å². The molecule has 1 aliphatic rings. The van der Waals surface area contributed by atoms with Gasteiger partial charge in [-0.2, -0.15) is 0 Å². The molecule has 4 rings (SSSR count). The predicted molar refractivity (Wildman–Crippen MR) is 121 cm³/mol. The molecule has 2 atom stereocenters. The zero-order chi connectivity index (χ0) is 24.8. The highest BCUT2D eigenvalue weighted by Crippen LogP contribution is 2.19. The highest BCUT2D eigenvalue weighted by Gasteiger charge is 2.39. The Kier molecular flexibility index (Phi) is 7.35. The van der Waals surface area contributed by atoms with E-state index >= 15 is 0 Å². The fourth-order valence-electron chi connectivity index (χ4n) is 3.64. The van der Waals surface area contributed by atoms with Crippen molar-refractivity contribution in [3.63, 3.8) is 0 Å². The number of nitrogens with one attached hydrogen (secondary N) is 1. The van der Waals surface area contributed by atoms with Crippen molar-refractivity contribution in [2.45, 2.75) is 18.8 Å². The van der Waals surface area contributed by atoms with E-state index in [-0.39, 0.29) is 30.8 Å². The molecule has 0 radical (unpaired) electrons. The average Bonchev–Trinajstić information content (AvgIpc) is 3.26. The van der Waals surface area contributed by atoms with Crippen LogP contribution in [0.15, 0.2) is 78.9 Å². The maximum Gasteiger partial charge on any atom is 0.410 e. The van der Waals surface area contributed by atoms with Crippen LogP contribution in [-0.4, -0.2) is 48.1 Å². The summed E-state index contributed by atoms with van der Waals surface area (Å²) in [4.78, 5) is 39.3. The zero-order valence-corrected chi connectivity index (χ0v) is 18.5. The van der Waals surface area contributed by atoms with E-state index < -0.39 is 41.7 Å². The van der Waals surface area contributed by atoms with Crippen LogP contribution >= 0.6 is 0 Å². The van der Waals surface area contributed by atoms with Crippen LogP contribution in [-0.2, 0) is 16.1 Å². The fraction of sp³-hybridized carbons (Fsp3) is 0.192. The first-order valence-electron chi connectivity index (χ1n) is 10.9. The van der Waals surface area contributed by atoms with E-state index in [2.05, 4.69) is 5.32 Å². The van der Waals surface area contributed by atoms with Gasteiger partial charge in [-0.25, -0.2) is 18.4 Å². The molecule has 1 saturated heterocycles. The van der Waals surface area contributed by atoms with Gasteiger partial charge in [0.05, 0.1) is 18.2 Å². The van der Waals surface area contributed by atoms with Gasteiger partial charge in [-0.1, -0.05) is 30.3 Å². The molecule has 2 amide bonds. The summed E-state index contributed by atoms with van der Waals surface area (Å²) in [7, 11) is 0.